The van der Waals surface area contributed by atoms with Gasteiger partial charge in [-0.05, 0) is 48.5 Å². The van der Waals surface area contributed by atoms with Crippen molar-refractivity contribution in [2.75, 3.05) is 49.8 Å². The van der Waals surface area contributed by atoms with E-state index >= 15 is 0 Å². The van der Waals surface area contributed by atoms with Gasteiger partial charge in [-0.3, -0.25) is 0 Å². The number of methoxy groups -OCH3 is 7. The van der Waals surface area contributed by atoms with E-state index in [4.69, 9.17) is 66.3 Å². The zero-order valence-electron chi connectivity index (χ0n) is 51.7. The number of hydrogen-bond acceptors (Lipinski definition) is 14. The maximum atomic E-state index is 6.47. The highest BCUT2D eigenvalue weighted by Gasteiger charge is 2.21. The van der Waals surface area contributed by atoms with Crippen LogP contribution in [0.25, 0.3) is 0 Å². The Morgan fingerprint density at radius 1 is 0.179 bits per heavy atom. The lowest BCUT2D eigenvalue weighted by Gasteiger charge is -2.19. The summed E-state index contributed by atoms with van der Waals surface area (Å²) in [6, 6.07) is 29.3. The predicted octanol–water partition coefficient (Wildman–Crippen LogP) is 14.2. The van der Waals surface area contributed by atoms with E-state index in [1.54, 1.807) is 49.8 Å². The molecule has 0 atom stereocenters. The van der Waals surface area contributed by atoms with Crippen LogP contribution in [0.1, 0.15) is 117 Å². The van der Waals surface area contributed by atoms with Crippen molar-refractivity contribution in [1.29, 1.82) is 0 Å². The molecule has 0 saturated carbocycles. The van der Waals surface area contributed by atoms with Gasteiger partial charge in [-0.2, -0.15) is 0 Å². The summed E-state index contributed by atoms with van der Waals surface area (Å²) in [6.45, 7) is 18.7. The standard InChI is InChI=1S/C70H84O14/c1-43-15-50-29-78-31-52-17-44(2)19-54(65(52)72-9)33-80-35-56-21-46(4)23-58(67(56)74-11)37-82-39-60-25-48(6)27-62(69(60)76-13)41-84-42-63-28-49(7)26-61(70(63)77-14)40-83-38-59-24-47(5)22-57(68(59)75-12)36-81-34-55-20-45(3)18-53(66(55)73-10)32-79-30-51(16-43)64(50)71-8/h15-28H,29-42H2,1-14H3. The van der Waals surface area contributed by atoms with Crippen LogP contribution in [-0.4, -0.2) is 49.8 Å². The number of ether oxygens (including phenoxy) is 14. The third-order valence-corrected chi connectivity index (χ3v) is 14.7. The Kier molecular flexibility index (Phi) is 22.5. The average molecular weight is 1150 g/mol. The van der Waals surface area contributed by atoms with E-state index in [-0.39, 0.29) is 0 Å². The Balaban J connectivity index is 1.07. The molecule has 0 unspecified atom stereocenters. The first-order chi connectivity index (χ1) is 40.7. The number of fused-ring (bicyclic) bond motifs is 14. The van der Waals surface area contributed by atoms with Crippen molar-refractivity contribution >= 4 is 0 Å². The Morgan fingerprint density at radius 2 is 0.262 bits per heavy atom. The summed E-state index contributed by atoms with van der Waals surface area (Å²) >= 11 is 0. The van der Waals surface area contributed by atoms with Crippen LogP contribution < -0.4 is 33.2 Å². The van der Waals surface area contributed by atoms with Crippen LogP contribution in [0.4, 0.5) is 0 Å². The fourth-order valence-electron chi connectivity index (χ4n) is 11.7. The van der Waals surface area contributed by atoms with E-state index in [0.717, 1.165) is 157 Å². The van der Waals surface area contributed by atoms with Gasteiger partial charge in [0, 0.05) is 77.9 Å². The second-order valence-electron chi connectivity index (χ2n) is 21.8. The third kappa shape index (κ3) is 15.8. The molecule has 84 heavy (non-hydrogen) atoms. The van der Waals surface area contributed by atoms with Crippen molar-refractivity contribution in [2.45, 2.75) is 141 Å². The molecule has 0 saturated heterocycles. The summed E-state index contributed by atoms with van der Waals surface area (Å²) in [5.74, 6) is 5.03. The summed E-state index contributed by atoms with van der Waals surface area (Å²) < 4.78 is 87.7. The van der Waals surface area contributed by atoms with Gasteiger partial charge in [0.25, 0.3) is 0 Å². The van der Waals surface area contributed by atoms with Crippen molar-refractivity contribution in [1.82, 2.24) is 0 Å². The molecule has 0 spiro atoms. The van der Waals surface area contributed by atoms with Crippen LogP contribution in [-0.2, 0) is 126 Å². The molecule has 14 nitrogen and oxygen atoms in total. The zero-order chi connectivity index (χ0) is 59.9. The van der Waals surface area contributed by atoms with Gasteiger partial charge >= 0.3 is 0 Å². The number of hydrogen-bond donors (Lipinski definition) is 0. The minimum atomic E-state index is 0.303. The van der Waals surface area contributed by atoms with Gasteiger partial charge in [0.05, 0.1) is 142 Å². The molecule has 1 aliphatic heterocycles. The SMILES string of the molecule is COc1c2cc(C)cc1COCc1cc(C)cc(c1OC)COCc1cc(C)cc(c1OC)COCc1cc(C)cc(c1OC)COCc1cc(C)cc(c1OC)COCc1cc(C)cc(c1OC)COCc1cc(C)cc(c1OC)COC2. The molecule has 7 aromatic carbocycles. The number of benzene rings is 7. The molecule has 0 fully saturated rings. The summed E-state index contributed by atoms with van der Waals surface area (Å²) in [7, 11) is 11.8. The monoisotopic (exact) mass is 1150 g/mol. The van der Waals surface area contributed by atoms with E-state index in [1.807, 2.05) is 0 Å². The summed E-state index contributed by atoms with van der Waals surface area (Å²) in [5, 5.41) is 0. The Labute approximate surface area is 497 Å². The van der Waals surface area contributed by atoms with Gasteiger partial charge in [0.15, 0.2) is 0 Å². The molecule has 7 aromatic rings. The molecule has 1 aliphatic rings. The predicted molar refractivity (Wildman–Crippen MR) is 324 cm³/mol. The summed E-state index contributed by atoms with van der Waals surface area (Å²) in [6.07, 6.45) is 0. The molecule has 0 aliphatic carbocycles. The first kappa shape index (κ1) is 62.9. The van der Waals surface area contributed by atoms with Gasteiger partial charge < -0.3 is 66.3 Å². The maximum Gasteiger partial charge on any atom is 0.129 e. The lowest BCUT2D eigenvalue weighted by Crippen LogP contribution is -2.07. The van der Waals surface area contributed by atoms with E-state index in [9.17, 15) is 0 Å². The molecule has 0 N–H and O–H groups in total. The molecule has 0 amide bonds. The Bertz CT molecular complexity index is 2580. The molecule has 0 radical (unpaired) electrons. The first-order valence-corrected chi connectivity index (χ1v) is 28.4. The van der Waals surface area contributed by atoms with Crippen molar-refractivity contribution in [2.24, 2.45) is 0 Å². The van der Waals surface area contributed by atoms with Crippen LogP contribution in [0.5, 0.6) is 40.2 Å². The molecule has 448 valence electrons. The molecule has 0 aromatic heterocycles. The topological polar surface area (TPSA) is 129 Å². The van der Waals surface area contributed by atoms with Gasteiger partial charge in [-0.15, -0.1) is 0 Å². The van der Waals surface area contributed by atoms with E-state index in [0.29, 0.717) is 92.5 Å². The molecule has 14 heteroatoms. The van der Waals surface area contributed by atoms with E-state index < -0.39 is 0 Å². The normalized spacial score (nSPS) is 14.5. The average Bonchev–Trinajstić information content (AvgIpc) is 3.47. The fourth-order valence-corrected chi connectivity index (χ4v) is 11.7. The van der Waals surface area contributed by atoms with Gasteiger partial charge in [-0.25, -0.2) is 0 Å². The first-order valence-electron chi connectivity index (χ1n) is 28.4. The summed E-state index contributed by atoms with van der Waals surface area (Å²) in [5.41, 5.74) is 20.2. The quantitative estimate of drug-likeness (QED) is 0.150. The zero-order valence-corrected chi connectivity index (χ0v) is 51.7. The lowest BCUT2D eigenvalue weighted by atomic mass is 10.0. The van der Waals surface area contributed by atoms with Gasteiger partial charge in [-0.1, -0.05) is 124 Å². The fraction of sp³-hybridized carbons (Fsp3) is 0.400. The van der Waals surface area contributed by atoms with Crippen molar-refractivity contribution < 1.29 is 66.3 Å². The highest BCUT2D eigenvalue weighted by Crippen LogP contribution is 2.37. The third-order valence-electron chi connectivity index (χ3n) is 14.7. The lowest BCUT2D eigenvalue weighted by molar-refractivity contribution is 0.0928. The number of rotatable bonds is 7. The minimum absolute atomic E-state index is 0.303. The number of aryl methyl sites for hydroxylation is 7. The minimum Gasteiger partial charge on any atom is -0.496 e. The molecule has 8 rings (SSSR count). The Morgan fingerprint density at radius 3 is 0.333 bits per heavy atom. The largest absolute Gasteiger partial charge is 0.496 e. The van der Waals surface area contributed by atoms with Crippen LogP contribution in [0.2, 0.25) is 0 Å². The highest BCUT2D eigenvalue weighted by molar-refractivity contribution is 5.50. The van der Waals surface area contributed by atoms with Crippen molar-refractivity contribution in [3.8, 4) is 40.2 Å². The Hall–Kier alpha value is -7.14. The summed E-state index contributed by atoms with van der Waals surface area (Å²) in [4.78, 5) is 0. The van der Waals surface area contributed by atoms with Gasteiger partial charge in [0.2, 0.25) is 0 Å². The van der Waals surface area contributed by atoms with Crippen LogP contribution in [0.3, 0.4) is 0 Å². The smallest absolute Gasteiger partial charge is 0.129 e. The molecule has 14 bridgehead atoms. The van der Waals surface area contributed by atoms with Crippen molar-refractivity contribution in [3.63, 3.8) is 0 Å². The van der Waals surface area contributed by atoms with Crippen LogP contribution >= 0.6 is 0 Å². The van der Waals surface area contributed by atoms with Crippen LogP contribution in [0.15, 0.2) is 84.9 Å². The highest BCUT2D eigenvalue weighted by atomic mass is 16.5. The molecule has 1 heterocycles. The van der Waals surface area contributed by atoms with Gasteiger partial charge in [0.1, 0.15) is 40.2 Å². The maximum absolute atomic E-state index is 6.47. The van der Waals surface area contributed by atoms with Crippen LogP contribution in [0, 0.1) is 48.5 Å². The van der Waals surface area contributed by atoms with E-state index in [1.165, 1.54) is 0 Å². The van der Waals surface area contributed by atoms with Crippen molar-refractivity contribution in [3.05, 3.63) is 202 Å². The molecular formula is C70H84O14. The second kappa shape index (κ2) is 30.1. The molecular weight excluding hydrogens is 1060 g/mol. The van der Waals surface area contributed by atoms with E-state index in [2.05, 4.69) is 133 Å². The second-order valence-corrected chi connectivity index (χ2v) is 21.8.